The quantitative estimate of drug-likeness (QED) is 0.715. The SMILES string of the molecule is O=C1CCc2cc(S(=O)(=O)N(Cc3ccccc3)c3ccccc3)ccc2N1. The zero-order valence-electron chi connectivity index (χ0n) is 15.2. The standard InChI is InChI=1S/C22H20N2O3S/c25-22-14-11-18-15-20(12-13-21(18)23-22)28(26,27)24(19-9-5-2-6-10-19)16-17-7-3-1-4-8-17/h1-10,12-13,15H,11,14,16H2,(H,23,25). The maximum atomic E-state index is 13.5. The molecule has 4 rings (SSSR count). The van der Waals surface area contributed by atoms with Gasteiger partial charge in [0.2, 0.25) is 5.91 Å². The third kappa shape index (κ3) is 3.64. The second-order valence-electron chi connectivity index (χ2n) is 6.70. The molecule has 0 saturated heterocycles. The van der Waals surface area contributed by atoms with Gasteiger partial charge in [0.15, 0.2) is 0 Å². The summed E-state index contributed by atoms with van der Waals surface area (Å²) in [6.45, 7) is 0.237. The first-order valence-electron chi connectivity index (χ1n) is 9.08. The fraction of sp³-hybridized carbons (Fsp3) is 0.136. The lowest BCUT2D eigenvalue weighted by Gasteiger charge is -2.26. The molecule has 0 aliphatic carbocycles. The van der Waals surface area contributed by atoms with Gasteiger partial charge in [0.05, 0.1) is 17.1 Å². The lowest BCUT2D eigenvalue weighted by Crippen LogP contribution is -2.31. The summed E-state index contributed by atoms with van der Waals surface area (Å²) >= 11 is 0. The van der Waals surface area contributed by atoms with Gasteiger partial charge in [-0.1, -0.05) is 48.5 Å². The fourth-order valence-electron chi connectivity index (χ4n) is 3.31. The van der Waals surface area contributed by atoms with Crippen LogP contribution in [0.4, 0.5) is 11.4 Å². The second kappa shape index (κ2) is 7.48. The smallest absolute Gasteiger partial charge is 0.264 e. The van der Waals surface area contributed by atoms with Gasteiger partial charge in [-0.15, -0.1) is 0 Å². The Kier molecular flexibility index (Phi) is 4.88. The van der Waals surface area contributed by atoms with Crippen LogP contribution in [0.5, 0.6) is 0 Å². The summed E-state index contributed by atoms with van der Waals surface area (Å²) in [5.41, 5.74) is 3.04. The number of para-hydroxylation sites is 1. The molecule has 0 bridgehead atoms. The van der Waals surface area contributed by atoms with E-state index in [1.807, 2.05) is 48.5 Å². The van der Waals surface area contributed by atoms with Crippen LogP contribution in [-0.4, -0.2) is 14.3 Å². The number of rotatable bonds is 5. The number of hydrogen-bond donors (Lipinski definition) is 1. The van der Waals surface area contributed by atoms with Crippen molar-refractivity contribution in [2.24, 2.45) is 0 Å². The highest BCUT2D eigenvalue weighted by atomic mass is 32.2. The number of nitrogens with one attached hydrogen (secondary N) is 1. The van der Waals surface area contributed by atoms with Gasteiger partial charge in [0, 0.05) is 12.1 Å². The molecule has 0 saturated carbocycles. The van der Waals surface area contributed by atoms with E-state index < -0.39 is 10.0 Å². The Balaban J connectivity index is 1.75. The number of aryl methyl sites for hydroxylation is 1. The molecule has 1 amide bonds. The summed E-state index contributed by atoms with van der Waals surface area (Å²) in [6, 6.07) is 23.5. The Morgan fingerprint density at radius 3 is 2.25 bits per heavy atom. The van der Waals surface area contributed by atoms with Crippen molar-refractivity contribution in [2.45, 2.75) is 24.3 Å². The molecule has 6 heteroatoms. The first kappa shape index (κ1) is 18.3. The molecule has 1 N–H and O–H groups in total. The molecule has 0 unspecified atom stereocenters. The average Bonchev–Trinajstić information content (AvgIpc) is 2.73. The van der Waals surface area contributed by atoms with Gasteiger partial charge in [-0.3, -0.25) is 9.10 Å². The van der Waals surface area contributed by atoms with Crippen molar-refractivity contribution in [3.8, 4) is 0 Å². The maximum Gasteiger partial charge on any atom is 0.264 e. The molecule has 1 heterocycles. The molecule has 0 atom stereocenters. The highest BCUT2D eigenvalue weighted by Gasteiger charge is 2.27. The third-order valence-electron chi connectivity index (χ3n) is 4.77. The van der Waals surface area contributed by atoms with Crippen LogP contribution >= 0.6 is 0 Å². The first-order chi connectivity index (χ1) is 13.5. The third-order valence-corrected chi connectivity index (χ3v) is 6.54. The number of carbonyl (C=O) groups excluding carboxylic acids is 1. The van der Waals surface area contributed by atoms with Crippen molar-refractivity contribution in [1.29, 1.82) is 0 Å². The second-order valence-corrected chi connectivity index (χ2v) is 8.56. The number of nitrogens with zero attached hydrogens (tertiary/aromatic N) is 1. The van der Waals surface area contributed by atoms with E-state index in [0.717, 1.165) is 11.1 Å². The van der Waals surface area contributed by atoms with E-state index in [4.69, 9.17) is 0 Å². The van der Waals surface area contributed by atoms with E-state index in [2.05, 4.69) is 5.32 Å². The van der Waals surface area contributed by atoms with Crippen LogP contribution in [0.15, 0.2) is 83.8 Å². The predicted molar refractivity (Wildman–Crippen MR) is 110 cm³/mol. The van der Waals surface area contributed by atoms with Crippen molar-refractivity contribution < 1.29 is 13.2 Å². The molecule has 3 aromatic carbocycles. The normalized spacial score (nSPS) is 13.5. The Bertz CT molecular complexity index is 1100. The van der Waals surface area contributed by atoms with Crippen LogP contribution in [0, 0.1) is 0 Å². The Hall–Kier alpha value is -3.12. The molecule has 28 heavy (non-hydrogen) atoms. The molecular weight excluding hydrogens is 372 g/mol. The lowest BCUT2D eigenvalue weighted by atomic mass is 10.0. The Morgan fingerprint density at radius 1 is 0.857 bits per heavy atom. The maximum absolute atomic E-state index is 13.5. The van der Waals surface area contributed by atoms with E-state index in [-0.39, 0.29) is 17.3 Å². The summed E-state index contributed by atoms with van der Waals surface area (Å²) in [5.74, 6) is -0.0434. The van der Waals surface area contributed by atoms with Gasteiger partial charge in [-0.05, 0) is 47.9 Å². The van der Waals surface area contributed by atoms with E-state index in [1.165, 1.54) is 4.31 Å². The van der Waals surface area contributed by atoms with E-state index in [1.54, 1.807) is 30.3 Å². The number of amides is 1. The van der Waals surface area contributed by atoms with E-state index in [0.29, 0.717) is 24.2 Å². The molecule has 0 aromatic heterocycles. The summed E-state index contributed by atoms with van der Waals surface area (Å²) in [7, 11) is -3.78. The van der Waals surface area contributed by atoms with Crippen molar-refractivity contribution >= 4 is 27.3 Å². The molecule has 0 fully saturated rings. The summed E-state index contributed by atoms with van der Waals surface area (Å²) in [5, 5.41) is 2.79. The summed E-state index contributed by atoms with van der Waals surface area (Å²) < 4.78 is 28.5. The summed E-state index contributed by atoms with van der Waals surface area (Å²) in [6.07, 6.45) is 0.900. The van der Waals surface area contributed by atoms with Crippen LogP contribution in [0.2, 0.25) is 0 Å². The minimum atomic E-state index is -3.78. The van der Waals surface area contributed by atoms with Gasteiger partial charge in [-0.25, -0.2) is 8.42 Å². The van der Waals surface area contributed by atoms with Gasteiger partial charge < -0.3 is 5.32 Å². The van der Waals surface area contributed by atoms with Crippen molar-refractivity contribution in [3.63, 3.8) is 0 Å². The lowest BCUT2D eigenvalue weighted by molar-refractivity contribution is -0.116. The molecule has 0 spiro atoms. The van der Waals surface area contributed by atoms with Gasteiger partial charge in [0.1, 0.15) is 0 Å². The largest absolute Gasteiger partial charge is 0.326 e. The van der Waals surface area contributed by atoms with Crippen LogP contribution in [-0.2, 0) is 27.8 Å². The average molecular weight is 392 g/mol. The first-order valence-corrected chi connectivity index (χ1v) is 10.5. The van der Waals surface area contributed by atoms with Crippen LogP contribution < -0.4 is 9.62 Å². The van der Waals surface area contributed by atoms with Gasteiger partial charge in [-0.2, -0.15) is 0 Å². The van der Waals surface area contributed by atoms with Crippen molar-refractivity contribution in [1.82, 2.24) is 0 Å². The Morgan fingerprint density at radius 2 is 1.54 bits per heavy atom. The minimum absolute atomic E-state index is 0.0434. The Labute approximate surface area is 164 Å². The van der Waals surface area contributed by atoms with Gasteiger partial charge in [0.25, 0.3) is 10.0 Å². The predicted octanol–water partition coefficient (Wildman–Crippen LogP) is 3.97. The summed E-state index contributed by atoms with van der Waals surface area (Å²) in [4.78, 5) is 11.8. The van der Waals surface area contributed by atoms with E-state index >= 15 is 0 Å². The number of anilines is 2. The topological polar surface area (TPSA) is 66.5 Å². The van der Waals surface area contributed by atoms with Crippen LogP contribution in [0.3, 0.4) is 0 Å². The molecular formula is C22H20N2O3S. The molecule has 5 nitrogen and oxygen atoms in total. The number of sulfonamides is 1. The van der Waals surface area contributed by atoms with Crippen molar-refractivity contribution in [3.05, 3.63) is 90.0 Å². The van der Waals surface area contributed by atoms with Crippen molar-refractivity contribution in [2.75, 3.05) is 9.62 Å². The van der Waals surface area contributed by atoms with E-state index in [9.17, 15) is 13.2 Å². The molecule has 142 valence electrons. The minimum Gasteiger partial charge on any atom is -0.326 e. The van der Waals surface area contributed by atoms with Gasteiger partial charge >= 0.3 is 0 Å². The number of benzene rings is 3. The number of fused-ring (bicyclic) bond motifs is 1. The number of carbonyl (C=O) groups is 1. The zero-order chi connectivity index (χ0) is 19.6. The monoisotopic (exact) mass is 392 g/mol. The number of hydrogen-bond acceptors (Lipinski definition) is 3. The highest BCUT2D eigenvalue weighted by Crippen LogP contribution is 2.30. The fourth-order valence-corrected chi connectivity index (χ4v) is 4.81. The molecule has 0 radical (unpaired) electrons. The molecule has 3 aromatic rings. The molecule has 1 aliphatic rings. The highest BCUT2D eigenvalue weighted by molar-refractivity contribution is 7.92. The zero-order valence-corrected chi connectivity index (χ0v) is 16.0. The molecule has 1 aliphatic heterocycles. The van der Waals surface area contributed by atoms with Crippen LogP contribution in [0.1, 0.15) is 17.5 Å². The van der Waals surface area contributed by atoms with Crippen LogP contribution in [0.25, 0.3) is 0 Å².